The van der Waals surface area contributed by atoms with Crippen LogP contribution in [-0.2, 0) is 6.54 Å². The van der Waals surface area contributed by atoms with Crippen LogP contribution < -0.4 is 19.5 Å². The van der Waals surface area contributed by atoms with Gasteiger partial charge in [0.15, 0.2) is 11.5 Å². The molecule has 0 aliphatic carbocycles. The molecule has 0 aliphatic heterocycles. The molecule has 2 aromatic carbocycles. The third kappa shape index (κ3) is 3.51. The van der Waals surface area contributed by atoms with Crippen molar-refractivity contribution >= 4 is 27.5 Å². The minimum Gasteiger partial charge on any atom is -0.493 e. The molecule has 3 aromatic rings. The van der Waals surface area contributed by atoms with Crippen LogP contribution in [0.25, 0.3) is 10.2 Å². The number of ether oxygens (including phenoxy) is 3. The first-order valence-electron chi connectivity index (χ1n) is 7.59. The Kier molecular flexibility index (Phi) is 5.04. The molecule has 0 aliphatic rings. The lowest BCUT2D eigenvalue weighted by Gasteiger charge is -2.13. The van der Waals surface area contributed by atoms with E-state index in [2.05, 4.69) is 10.3 Å². The summed E-state index contributed by atoms with van der Waals surface area (Å²) in [5.74, 6) is 1.09. The van der Waals surface area contributed by atoms with Gasteiger partial charge in [0.1, 0.15) is 5.01 Å². The molecular formula is C18H18N2O4S. The summed E-state index contributed by atoms with van der Waals surface area (Å²) in [4.78, 5) is 17.0. The molecule has 0 bridgehead atoms. The maximum absolute atomic E-state index is 12.5. The fraction of sp³-hybridized carbons (Fsp3) is 0.222. The number of para-hydroxylation sites is 1. The van der Waals surface area contributed by atoms with E-state index in [0.717, 1.165) is 15.2 Å². The van der Waals surface area contributed by atoms with Crippen LogP contribution >= 0.6 is 11.3 Å². The van der Waals surface area contributed by atoms with Crippen LogP contribution in [0.1, 0.15) is 15.4 Å². The Bertz CT molecular complexity index is 849. The van der Waals surface area contributed by atoms with Crippen molar-refractivity contribution in [3.63, 3.8) is 0 Å². The zero-order valence-corrected chi connectivity index (χ0v) is 15.0. The van der Waals surface area contributed by atoms with E-state index >= 15 is 0 Å². The van der Waals surface area contributed by atoms with E-state index < -0.39 is 0 Å². The lowest BCUT2D eigenvalue weighted by Crippen LogP contribution is -2.22. The molecule has 7 heteroatoms. The third-order valence-electron chi connectivity index (χ3n) is 3.67. The zero-order valence-electron chi connectivity index (χ0n) is 14.2. The van der Waals surface area contributed by atoms with Gasteiger partial charge < -0.3 is 19.5 Å². The fourth-order valence-corrected chi connectivity index (χ4v) is 3.37. The van der Waals surface area contributed by atoms with Gasteiger partial charge in [-0.2, -0.15) is 0 Å². The summed E-state index contributed by atoms with van der Waals surface area (Å²) in [7, 11) is 4.55. The minimum atomic E-state index is -0.237. The van der Waals surface area contributed by atoms with E-state index in [1.54, 1.807) is 23.5 Å². The van der Waals surface area contributed by atoms with Crippen LogP contribution in [-0.4, -0.2) is 32.2 Å². The summed E-state index contributed by atoms with van der Waals surface area (Å²) >= 11 is 1.56. The molecule has 0 fully saturated rings. The van der Waals surface area contributed by atoms with E-state index in [1.807, 2.05) is 24.3 Å². The van der Waals surface area contributed by atoms with Crippen LogP contribution in [0.5, 0.6) is 17.2 Å². The van der Waals surface area contributed by atoms with Gasteiger partial charge in [0.05, 0.1) is 38.1 Å². The SMILES string of the molecule is COc1cc(C(=O)NCc2nc3ccccc3s2)cc(OC)c1OC. The highest BCUT2D eigenvalue weighted by Gasteiger charge is 2.17. The molecule has 1 amide bonds. The number of carbonyl (C=O) groups excluding carboxylic acids is 1. The predicted octanol–water partition coefficient (Wildman–Crippen LogP) is 3.25. The Labute approximate surface area is 149 Å². The van der Waals surface area contributed by atoms with E-state index in [9.17, 15) is 4.79 Å². The van der Waals surface area contributed by atoms with Crippen molar-refractivity contribution in [3.05, 3.63) is 47.0 Å². The number of thiazole rings is 1. The second-order valence-electron chi connectivity index (χ2n) is 5.17. The molecule has 6 nitrogen and oxygen atoms in total. The van der Waals surface area contributed by atoms with Gasteiger partial charge >= 0.3 is 0 Å². The quantitative estimate of drug-likeness (QED) is 0.732. The maximum atomic E-state index is 12.5. The summed E-state index contributed by atoms with van der Waals surface area (Å²) in [6, 6.07) is 11.1. The lowest BCUT2D eigenvalue weighted by molar-refractivity contribution is 0.0950. The number of hydrogen-bond acceptors (Lipinski definition) is 6. The Morgan fingerprint density at radius 3 is 2.36 bits per heavy atom. The monoisotopic (exact) mass is 358 g/mol. The molecule has 3 rings (SSSR count). The first kappa shape index (κ1) is 17.0. The highest BCUT2D eigenvalue weighted by molar-refractivity contribution is 7.18. The first-order valence-corrected chi connectivity index (χ1v) is 8.40. The molecule has 1 aromatic heterocycles. The molecule has 0 saturated heterocycles. The number of aromatic nitrogens is 1. The van der Waals surface area contributed by atoms with Crippen molar-refractivity contribution in [2.24, 2.45) is 0 Å². The van der Waals surface area contributed by atoms with E-state index in [1.165, 1.54) is 21.3 Å². The van der Waals surface area contributed by atoms with Crippen LogP contribution in [0.3, 0.4) is 0 Å². The molecular weight excluding hydrogens is 340 g/mol. The maximum Gasteiger partial charge on any atom is 0.251 e. The number of fused-ring (bicyclic) bond motifs is 1. The van der Waals surface area contributed by atoms with Crippen molar-refractivity contribution in [2.75, 3.05) is 21.3 Å². The smallest absolute Gasteiger partial charge is 0.251 e. The molecule has 0 unspecified atom stereocenters. The molecule has 1 heterocycles. The van der Waals surface area contributed by atoms with Gasteiger partial charge in [0.2, 0.25) is 5.75 Å². The zero-order chi connectivity index (χ0) is 17.8. The van der Waals surface area contributed by atoms with E-state index in [-0.39, 0.29) is 5.91 Å². The molecule has 25 heavy (non-hydrogen) atoms. The largest absolute Gasteiger partial charge is 0.493 e. The Morgan fingerprint density at radius 2 is 1.76 bits per heavy atom. The Balaban J connectivity index is 1.78. The average molecular weight is 358 g/mol. The van der Waals surface area contributed by atoms with Gasteiger partial charge in [-0.25, -0.2) is 4.98 Å². The summed E-state index contributed by atoms with van der Waals surface area (Å²) in [6.07, 6.45) is 0. The van der Waals surface area contributed by atoms with Crippen LogP contribution in [0.15, 0.2) is 36.4 Å². The highest BCUT2D eigenvalue weighted by atomic mass is 32.1. The first-order chi connectivity index (χ1) is 12.2. The predicted molar refractivity (Wildman–Crippen MR) is 96.9 cm³/mol. The number of benzene rings is 2. The van der Waals surface area contributed by atoms with Crippen LogP contribution in [0.2, 0.25) is 0 Å². The number of hydrogen-bond donors (Lipinski definition) is 1. The molecule has 0 spiro atoms. The Morgan fingerprint density at radius 1 is 1.08 bits per heavy atom. The summed E-state index contributed by atoms with van der Waals surface area (Å²) in [5.41, 5.74) is 1.36. The third-order valence-corrected chi connectivity index (χ3v) is 4.70. The van der Waals surface area contributed by atoms with Gasteiger partial charge in [-0.3, -0.25) is 4.79 Å². The van der Waals surface area contributed by atoms with E-state index in [0.29, 0.717) is 29.4 Å². The topological polar surface area (TPSA) is 69.7 Å². The fourth-order valence-electron chi connectivity index (χ4n) is 2.47. The molecule has 0 radical (unpaired) electrons. The van der Waals surface area contributed by atoms with Crippen LogP contribution in [0, 0.1) is 0 Å². The van der Waals surface area contributed by atoms with Gasteiger partial charge in [0.25, 0.3) is 5.91 Å². The van der Waals surface area contributed by atoms with Gasteiger partial charge in [-0.05, 0) is 24.3 Å². The van der Waals surface area contributed by atoms with Gasteiger partial charge in [0, 0.05) is 5.56 Å². The number of nitrogens with one attached hydrogen (secondary N) is 1. The highest BCUT2D eigenvalue weighted by Crippen LogP contribution is 2.38. The van der Waals surface area contributed by atoms with Gasteiger partial charge in [-0.15, -0.1) is 11.3 Å². The number of methoxy groups -OCH3 is 3. The van der Waals surface area contributed by atoms with Crippen LogP contribution in [0.4, 0.5) is 0 Å². The molecule has 1 N–H and O–H groups in total. The number of rotatable bonds is 6. The van der Waals surface area contributed by atoms with Crippen molar-refractivity contribution in [3.8, 4) is 17.2 Å². The van der Waals surface area contributed by atoms with Crippen molar-refractivity contribution in [1.82, 2.24) is 10.3 Å². The number of nitrogens with zero attached hydrogens (tertiary/aromatic N) is 1. The Hall–Kier alpha value is -2.80. The normalized spacial score (nSPS) is 10.5. The summed E-state index contributed by atoms with van der Waals surface area (Å²) < 4.78 is 16.9. The van der Waals surface area contributed by atoms with Crippen molar-refractivity contribution in [1.29, 1.82) is 0 Å². The summed E-state index contributed by atoms with van der Waals surface area (Å²) in [5, 5.41) is 3.72. The number of amides is 1. The molecule has 0 saturated carbocycles. The minimum absolute atomic E-state index is 0.237. The second kappa shape index (κ2) is 7.40. The molecule has 130 valence electrons. The summed E-state index contributed by atoms with van der Waals surface area (Å²) in [6.45, 7) is 0.356. The standard InChI is InChI=1S/C18H18N2O4S/c1-22-13-8-11(9-14(23-2)17(13)24-3)18(21)19-10-16-20-12-6-4-5-7-15(12)25-16/h4-9H,10H2,1-3H3,(H,19,21). The lowest BCUT2D eigenvalue weighted by atomic mass is 10.1. The van der Waals surface area contributed by atoms with E-state index in [4.69, 9.17) is 14.2 Å². The van der Waals surface area contributed by atoms with Crippen molar-refractivity contribution in [2.45, 2.75) is 6.54 Å². The molecule has 0 atom stereocenters. The average Bonchev–Trinajstić information content (AvgIpc) is 3.07. The number of carbonyl (C=O) groups is 1. The van der Waals surface area contributed by atoms with Crippen molar-refractivity contribution < 1.29 is 19.0 Å². The van der Waals surface area contributed by atoms with Gasteiger partial charge in [-0.1, -0.05) is 12.1 Å². The second-order valence-corrected chi connectivity index (χ2v) is 6.29.